The van der Waals surface area contributed by atoms with E-state index in [1.54, 1.807) is 6.20 Å². The minimum absolute atomic E-state index is 0.120. The molecule has 0 bridgehead atoms. The molecule has 0 aliphatic carbocycles. The number of fused-ring (bicyclic) bond motifs is 1. The Kier molecular flexibility index (Phi) is 4.19. The third kappa shape index (κ3) is 4.08. The van der Waals surface area contributed by atoms with Gasteiger partial charge in [0.05, 0.1) is 6.20 Å². The first kappa shape index (κ1) is 13.6. The molecule has 0 saturated carbocycles. The van der Waals surface area contributed by atoms with Crippen LogP contribution in [0.15, 0.2) is 30.5 Å². The van der Waals surface area contributed by atoms with Crippen LogP contribution in [-0.2, 0) is 0 Å². The van der Waals surface area contributed by atoms with Crippen LogP contribution in [0.1, 0.15) is 19.3 Å². The van der Waals surface area contributed by atoms with Crippen LogP contribution >= 0.6 is 0 Å². The molecule has 1 aromatic carbocycles. The fraction of sp³-hybridized carbons (Fsp3) is 0.385. The zero-order valence-corrected chi connectivity index (χ0v) is 10.2. The number of nitrogens with zero attached hydrogens (tertiary/aromatic N) is 2. The molecule has 1 aromatic heterocycles. The molecule has 0 atom stereocenters. The van der Waals surface area contributed by atoms with Crippen molar-refractivity contribution in [2.24, 2.45) is 0 Å². The largest absolute Gasteiger partial charge is 0.389 e. The van der Waals surface area contributed by atoms with Gasteiger partial charge in [-0.3, -0.25) is 0 Å². The fourth-order valence-electron chi connectivity index (χ4n) is 1.82. The summed E-state index contributed by atoms with van der Waals surface area (Å²) in [6, 6.07) is 7.61. The third-order valence-electron chi connectivity index (χ3n) is 2.75. The van der Waals surface area contributed by atoms with Crippen LogP contribution in [0.25, 0.3) is 10.8 Å². The Hall–Kier alpha value is -1.85. The van der Waals surface area contributed by atoms with E-state index in [2.05, 4.69) is 15.5 Å². The molecule has 2 aromatic rings. The lowest BCUT2D eigenvalue weighted by molar-refractivity contribution is -0.135. The molecular weight excluding hydrogens is 255 g/mol. The molecule has 0 unspecified atom stereocenters. The van der Waals surface area contributed by atoms with Crippen molar-refractivity contribution in [3.05, 3.63) is 30.5 Å². The fourth-order valence-corrected chi connectivity index (χ4v) is 1.82. The SMILES string of the molecule is FC(F)(F)CCCCNc1nncc2ccccc12. The minimum atomic E-state index is -4.07. The summed E-state index contributed by atoms with van der Waals surface area (Å²) in [5.74, 6) is 0.616. The summed E-state index contributed by atoms with van der Waals surface area (Å²) in [6.07, 6.45) is -2.58. The molecule has 0 spiro atoms. The van der Waals surface area contributed by atoms with Crippen molar-refractivity contribution < 1.29 is 13.2 Å². The van der Waals surface area contributed by atoms with Crippen molar-refractivity contribution in [3.63, 3.8) is 0 Å². The molecule has 6 heteroatoms. The second kappa shape index (κ2) is 5.86. The van der Waals surface area contributed by atoms with Gasteiger partial charge in [-0.15, -0.1) is 5.10 Å². The maximum Gasteiger partial charge on any atom is 0.389 e. The summed E-state index contributed by atoms with van der Waals surface area (Å²) in [5.41, 5.74) is 0. The summed E-state index contributed by atoms with van der Waals surface area (Å²) >= 11 is 0. The lowest BCUT2D eigenvalue weighted by atomic mass is 10.2. The van der Waals surface area contributed by atoms with Crippen molar-refractivity contribution in [2.75, 3.05) is 11.9 Å². The number of halogens is 3. The summed E-state index contributed by atoms with van der Waals surface area (Å²) in [4.78, 5) is 0. The van der Waals surface area contributed by atoms with Crippen molar-refractivity contribution in [2.45, 2.75) is 25.4 Å². The van der Waals surface area contributed by atoms with Gasteiger partial charge in [0.2, 0.25) is 0 Å². The van der Waals surface area contributed by atoms with E-state index >= 15 is 0 Å². The predicted octanol–water partition coefficient (Wildman–Crippen LogP) is 3.77. The van der Waals surface area contributed by atoms with Crippen LogP contribution in [-0.4, -0.2) is 22.9 Å². The Balaban J connectivity index is 1.88. The first-order chi connectivity index (χ1) is 9.06. The molecule has 0 saturated heterocycles. The van der Waals surface area contributed by atoms with Crippen LogP contribution in [0.4, 0.5) is 19.0 Å². The molecule has 0 aliphatic heterocycles. The van der Waals surface area contributed by atoms with Gasteiger partial charge in [0.15, 0.2) is 5.82 Å². The zero-order valence-electron chi connectivity index (χ0n) is 10.2. The van der Waals surface area contributed by atoms with Gasteiger partial charge in [-0.1, -0.05) is 24.3 Å². The van der Waals surface area contributed by atoms with Crippen LogP contribution in [0.2, 0.25) is 0 Å². The minimum Gasteiger partial charge on any atom is -0.368 e. The number of alkyl halides is 3. The highest BCUT2D eigenvalue weighted by Gasteiger charge is 2.25. The first-order valence-corrected chi connectivity index (χ1v) is 6.07. The number of rotatable bonds is 5. The Morgan fingerprint density at radius 1 is 1.11 bits per heavy atom. The highest BCUT2D eigenvalue weighted by molar-refractivity contribution is 5.90. The second-order valence-electron chi connectivity index (χ2n) is 4.28. The molecule has 1 N–H and O–H groups in total. The maximum atomic E-state index is 12.0. The Morgan fingerprint density at radius 3 is 2.68 bits per heavy atom. The number of benzene rings is 1. The lowest BCUT2D eigenvalue weighted by Gasteiger charge is -2.08. The van der Waals surface area contributed by atoms with Gasteiger partial charge < -0.3 is 5.32 Å². The van der Waals surface area contributed by atoms with Crippen molar-refractivity contribution >= 4 is 16.6 Å². The average molecular weight is 269 g/mol. The zero-order chi connectivity index (χ0) is 13.7. The topological polar surface area (TPSA) is 37.8 Å². The van der Waals surface area contributed by atoms with Crippen LogP contribution in [0.3, 0.4) is 0 Å². The van der Waals surface area contributed by atoms with E-state index < -0.39 is 12.6 Å². The molecule has 19 heavy (non-hydrogen) atoms. The Labute approximate surface area is 108 Å². The summed E-state index contributed by atoms with van der Waals surface area (Å²) in [6.45, 7) is 0.457. The molecule has 3 nitrogen and oxygen atoms in total. The van der Waals surface area contributed by atoms with Crippen molar-refractivity contribution in [3.8, 4) is 0 Å². The van der Waals surface area contributed by atoms with Gasteiger partial charge in [-0.25, -0.2) is 0 Å². The summed E-state index contributed by atoms with van der Waals surface area (Å²) in [7, 11) is 0. The normalized spacial score (nSPS) is 11.7. The predicted molar refractivity (Wildman–Crippen MR) is 67.9 cm³/mol. The van der Waals surface area contributed by atoms with Crippen LogP contribution in [0.5, 0.6) is 0 Å². The van der Waals surface area contributed by atoms with Gasteiger partial charge in [-0.2, -0.15) is 18.3 Å². The van der Waals surface area contributed by atoms with E-state index in [4.69, 9.17) is 0 Å². The molecule has 0 radical (unpaired) electrons. The van der Waals surface area contributed by atoms with E-state index in [9.17, 15) is 13.2 Å². The van der Waals surface area contributed by atoms with Crippen molar-refractivity contribution in [1.29, 1.82) is 0 Å². The van der Waals surface area contributed by atoms with E-state index in [1.807, 2.05) is 24.3 Å². The Morgan fingerprint density at radius 2 is 1.89 bits per heavy atom. The molecule has 0 amide bonds. The molecule has 1 heterocycles. The Bertz CT molecular complexity index is 535. The second-order valence-corrected chi connectivity index (χ2v) is 4.28. The summed E-state index contributed by atoms with van der Waals surface area (Å²) in [5, 5.41) is 12.7. The van der Waals surface area contributed by atoms with E-state index in [0.717, 1.165) is 10.8 Å². The monoisotopic (exact) mass is 269 g/mol. The number of hydrogen-bond donors (Lipinski definition) is 1. The average Bonchev–Trinajstić information content (AvgIpc) is 2.37. The molecular formula is C13H14F3N3. The van der Waals surface area contributed by atoms with Gasteiger partial charge in [0.25, 0.3) is 0 Å². The molecule has 2 rings (SSSR count). The van der Waals surface area contributed by atoms with Crippen LogP contribution < -0.4 is 5.32 Å². The molecule has 0 aliphatic rings. The number of anilines is 1. The number of hydrogen-bond acceptors (Lipinski definition) is 3. The first-order valence-electron chi connectivity index (χ1n) is 6.07. The van der Waals surface area contributed by atoms with Gasteiger partial charge >= 0.3 is 6.18 Å². The quantitative estimate of drug-likeness (QED) is 0.839. The van der Waals surface area contributed by atoms with E-state index in [-0.39, 0.29) is 6.42 Å². The molecule has 0 fully saturated rings. The van der Waals surface area contributed by atoms with Gasteiger partial charge in [0.1, 0.15) is 0 Å². The van der Waals surface area contributed by atoms with Gasteiger partial charge in [-0.05, 0) is 12.8 Å². The summed E-state index contributed by atoms with van der Waals surface area (Å²) < 4.78 is 35.9. The highest BCUT2D eigenvalue weighted by atomic mass is 19.4. The van der Waals surface area contributed by atoms with E-state index in [1.165, 1.54) is 0 Å². The smallest absolute Gasteiger partial charge is 0.368 e. The van der Waals surface area contributed by atoms with Crippen LogP contribution in [0, 0.1) is 0 Å². The van der Waals surface area contributed by atoms with Crippen molar-refractivity contribution in [1.82, 2.24) is 10.2 Å². The molecule has 102 valence electrons. The number of unbranched alkanes of at least 4 members (excludes halogenated alkanes) is 1. The number of aromatic nitrogens is 2. The third-order valence-corrected chi connectivity index (χ3v) is 2.75. The lowest BCUT2D eigenvalue weighted by Crippen LogP contribution is -2.09. The van der Waals surface area contributed by atoms with Gasteiger partial charge in [0, 0.05) is 23.7 Å². The standard InChI is InChI=1S/C13H14F3N3/c14-13(15,16)7-3-4-8-17-12-11-6-2-1-5-10(11)9-18-19-12/h1-2,5-6,9H,3-4,7-8H2,(H,17,19). The number of nitrogens with one attached hydrogen (secondary N) is 1. The maximum absolute atomic E-state index is 12.0. The highest BCUT2D eigenvalue weighted by Crippen LogP contribution is 2.22. The van der Waals surface area contributed by atoms with E-state index in [0.29, 0.717) is 18.8 Å².